The molecule has 0 bridgehead atoms. The first kappa shape index (κ1) is 19.2. The van der Waals surface area contributed by atoms with Crippen LogP contribution in [0.1, 0.15) is 31.4 Å². The molecule has 2 rings (SSSR count). The molecule has 25 heavy (non-hydrogen) atoms. The Kier molecular flexibility index (Phi) is 6.75. The molecule has 0 aliphatic carbocycles. The van der Waals surface area contributed by atoms with Crippen molar-refractivity contribution in [2.45, 2.75) is 26.4 Å². The standard InChI is InChI=1S/C20H19Cl2NO2/c1-4-13(2)25-20-18(22)9-14(10-19(20)24-3)8-16(12-23)15-6-5-7-17(21)11-15/h5-11,13H,4H2,1-3H3/b16-8-/t13-/m1/s1. The lowest BCUT2D eigenvalue weighted by Gasteiger charge is -2.17. The fourth-order valence-electron chi connectivity index (χ4n) is 2.22. The van der Waals surface area contributed by atoms with E-state index in [1.54, 1.807) is 43.5 Å². The highest BCUT2D eigenvalue weighted by Crippen LogP contribution is 2.38. The molecule has 1 atom stereocenters. The van der Waals surface area contributed by atoms with Gasteiger partial charge >= 0.3 is 0 Å². The molecule has 0 aliphatic rings. The number of benzene rings is 2. The number of ether oxygens (including phenoxy) is 2. The summed E-state index contributed by atoms with van der Waals surface area (Å²) in [4.78, 5) is 0. The number of halogens is 2. The molecule has 0 heterocycles. The minimum absolute atomic E-state index is 0.0222. The Labute approximate surface area is 158 Å². The van der Waals surface area contributed by atoms with Gasteiger partial charge in [0.05, 0.1) is 29.9 Å². The molecule has 0 unspecified atom stereocenters. The summed E-state index contributed by atoms with van der Waals surface area (Å²) in [6.07, 6.45) is 2.62. The second kappa shape index (κ2) is 8.80. The summed E-state index contributed by atoms with van der Waals surface area (Å²) < 4.78 is 11.3. The van der Waals surface area contributed by atoms with Crippen molar-refractivity contribution >= 4 is 34.9 Å². The van der Waals surface area contributed by atoms with Crippen LogP contribution in [0.5, 0.6) is 11.5 Å². The van der Waals surface area contributed by atoms with Crippen molar-refractivity contribution < 1.29 is 9.47 Å². The van der Waals surface area contributed by atoms with E-state index in [-0.39, 0.29) is 6.10 Å². The zero-order valence-electron chi connectivity index (χ0n) is 14.3. The van der Waals surface area contributed by atoms with E-state index in [0.29, 0.717) is 27.1 Å². The van der Waals surface area contributed by atoms with Crippen molar-refractivity contribution in [1.29, 1.82) is 5.26 Å². The summed E-state index contributed by atoms with van der Waals surface area (Å²) in [6, 6.07) is 12.9. The summed E-state index contributed by atoms with van der Waals surface area (Å²) in [7, 11) is 1.56. The van der Waals surface area contributed by atoms with E-state index < -0.39 is 0 Å². The third kappa shape index (κ3) is 4.92. The van der Waals surface area contributed by atoms with Crippen LogP contribution in [0.25, 0.3) is 11.6 Å². The van der Waals surface area contributed by atoms with Crippen molar-refractivity contribution in [2.24, 2.45) is 0 Å². The maximum atomic E-state index is 9.48. The summed E-state index contributed by atoms with van der Waals surface area (Å²) >= 11 is 12.4. The van der Waals surface area contributed by atoms with Gasteiger partial charge in [0.25, 0.3) is 0 Å². The molecule has 0 spiro atoms. The van der Waals surface area contributed by atoms with Crippen LogP contribution in [0.2, 0.25) is 10.0 Å². The lowest BCUT2D eigenvalue weighted by molar-refractivity contribution is 0.208. The van der Waals surface area contributed by atoms with Gasteiger partial charge in [0.1, 0.15) is 0 Å². The first-order chi connectivity index (χ1) is 12.0. The van der Waals surface area contributed by atoms with Crippen LogP contribution in [0.15, 0.2) is 36.4 Å². The molecule has 2 aromatic rings. The molecule has 0 saturated carbocycles. The number of nitriles is 1. The highest BCUT2D eigenvalue weighted by atomic mass is 35.5. The molecule has 3 nitrogen and oxygen atoms in total. The first-order valence-corrected chi connectivity index (χ1v) is 8.66. The van der Waals surface area contributed by atoms with Gasteiger partial charge in [-0.25, -0.2) is 0 Å². The lowest BCUT2D eigenvalue weighted by Crippen LogP contribution is -2.11. The largest absolute Gasteiger partial charge is 0.493 e. The van der Waals surface area contributed by atoms with Crippen LogP contribution >= 0.6 is 23.2 Å². The Balaban J connectivity index is 2.45. The first-order valence-electron chi connectivity index (χ1n) is 7.90. The van der Waals surface area contributed by atoms with Gasteiger partial charge in [-0.15, -0.1) is 0 Å². The lowest BCUT2D eigenvalue weighted by atomic mass is 10.0. The summed E-state index contributed by atoms with van der Waals surface area (Å²) in [5, 5.41) is 10.5. The fraction of sp³-hybridized carbons (Fsp3) is 0.250. The SMILES string of the molecule is CC[C@@H](C)Oc1c(Cl)cc(/C=C(/C#N)c2cccc(Cl)c2)cc1OC. The number of allylic oxidation sites excluding steroid dienone is 1. The van der Waals surface area contributed by atoms with Gasteiger partial charge in [-0.05, 0) is 54.8 Å². The average molecular weight is 376 g/mol. The molecule has 0 N–H and O–H groups in total. The van der Waals surface area contributed by atoms with E-state index in [9.17, 15) is 5.26 Å². The van der Waals surface area contributed by atoms with Crippen LogP contribution in [0, 0.1) is 11.3 Å². The number of hydrogen-bond acceptors (Lipinski definition) is 3. The van der Waals surface area contributed by atoms with Gasteiger partial charge in [-0.1, -0.05) is 42.3 Å². The normalized spacial score (nSPS) is 12.4. The molecule has 0 fully saturated rings. The number of rotatable bonds is 6. The van der Waals surface area contributed by atoms with Crippen molar-refractivity contribution in [2.75, 3.05) is 7.11 Å². The third-order valence-corrected chi connectivity index (χ3v) is 4.23. The van der Waals surface area contributed by atoms with Crippen LogP contribution in [-0.4, -0.2) is 13.2 Å². The zero-order valence-corrected chi connectivity index (χ0v) is 15.9. The predicted molar refractivity (Wildman–Crippen MR) is 103 cm³/mol. The minimum Gasteiger partial charge on any atom is -0.493 e. The summed E-state index contributed by atoms with van der Waals surface area (Å²) in [5.41, 5.74) is 1.97. The van der Waals surface area contributed by atoms with Gasteiger partial charge in [0.15, 0.2) is 11.5 Å². The molecule has 5 heteroatoms. The third-order valence-electron chi connectivity index (χ3n) is 3.71. The van der Waals surface area contributed by atoms with Gasteiger partial charge in [-0.2, -0.15) is 5.26 Å². The highest BCUT2D eigenvalue weighted by Gasteiger charge is 2.14. The topological polar surface area (TPSA) is 42.2 Å². The fourth-order valence-corrected chi connectivity index (χ4v) is 2.68. The van der Waals surface area contributed by atoms with E-state index in [0.717, 1.165) is 17.5 Å². The maximum absolute atomic E-state index is 9.48. The van der Waals surface area contributed by atoms with E-state index in [1.165, 1.54) is 0 Å². The van der Waals surface area contributed by atoms with Gasteiger partial charge in [-0.3, -0.25) is 0 Å². The summed E-state index contributed by atoms with van der Waals surface area (Å²) in [6.45, 7) is 4.00. The Morgan fingerprint density at radius 2 is 2.04 bits per heavy atom. The van der Waals surface area contributed by atoms with E-state index in [4.69, 9.17) is 32.7 Å². The van der Waals surface area contributed by atoms with Crippen LogP contribution in [-0.2, 0) is 0 Å². The second-order valence-corrected chi connectivity index (χ2v) is 6.39. The molecule has 0 aliphatic heterocycles. The average Bonchev–Trinajstić information content (AvgIpc) is 2.61. The molecule has 0 radical (unpaired) electrons. The van der Waals surface area contributed by atoms with Gasteiger partial charge < -0.3 is 9.47 Å². The molecule has 0 amide bonds. The monoisotopic (exact) mass is 375 g/mol. The Hall–Kier alpha value is -2.15. The molecule has 0 saturated heterocycles. The number of methoxy groups -OCH3 is 1. The van der Waals surface area contributed by atoms with Crippen LogP contribution in [0.3, 0.4) is 0 Å². The molecule has 130 valence electrons. The molecular weight excluding hydrogens is 357 g/mol. The quantitative estimate of drug-likeness (QED) is 0.442. The van der Waals surface area contributed by atoms with Crippen molar-refractivity contribution in [3.63, 3.8) is 0 Å². The molecule has 2 aromatic carbocycles. The predicted octanol–water partition coefficient (Wildman–Crippen LogP) is 6.24. The molecular formula is C20H19Cl2NO2. The van der Waals surface area contributed by atoms with Crippen LogP contribution < -0.4 is 9.47 Å². The van der Waals surface area contributed by atoms with Gasteiger partial charge in [0.2, 0.25) is 0 Å². The Bertz CT molecular complexity index is 825. The van der Waals surface area contributed by atoms with Crippen LogP contribution in [0.4, 0.5) is 0 Å². The second-order valence-electron chi connectivity index (χ2n) is 5.55. The van der Waals surface area contributed by atoms with E-state index in [1.807, 2.05) is 19.9 Å². The Morgan fingerprint density at radius 3 is 2.64 bits per heavy atom. The minimum atomic E-state index is 0.0222. The van der Waals surface area contributed by atoms with Crippen molar-refractivity contribution in [3.8, 4) is 17.6 Å². The van der Waals surface area contributed by atoms with Gasteiger partial charge in [0, 0.05) is 5.02 Å². The van der Waals surface area contributed by atoms with Crippen molar-refractivity contribution in [3.05, 3.63) is 57.6 Å². The number of nitrogens with zero attached hydrogens (tertiary/aromatic N) is 1. The smallest absolute Gasteiger partial charge is 0.180 e. The maximum Gasteiger partial charge on any atom is 0.180 e. The zero-order chi connectivity index (χ0) is 18.4. The van der Waals surface area contributed by atoms with E-state index in [2.05, 4.69) is 6.07 Å². The molecule has 0 aromatic heterocycles. The van der Waals surface area contributed by atoms with Crippen molar-refractivity contribution in [1.82, 2.24) is 0 Å². The highest BCUT2D eigenvalue weighted by molar-refractivity contribution is 6.32. The van der Waals surface area contributed by atoms with E-state index >= 15 is 0 Å². The Morgan fingerprint density at radius 1 is 1.28 bits per heavy atom. The summed E-state index contributed by atoms with van der Waals surface area (Å²) in [5.74, 6) is 1.04. The number of hydrogen-bond donors (Lipinski definition) is 0.